The third-order valence-electron chi connectivity index (χ3n) is 3.09. The van der Waals surface area contributed by atoms with Gasteiger partial charge in [0.05, 0.1) is 11.4 Å². The number of hydrogen-bond donors (Lipinski definition) is 1. The van der Waals surface area contributed by atoms with Crippen LogP contribution in [0, 0.1) is 13.8 Å². The first-order valence-electron chi connectivity index (χ1n) is 6.00. The fourth-order valence-electron chi connectivity index (χ4n) is 1.79. The van der Waals surface area contributed by atoms with E-state index in [2.05, 4.69) is 0 Å². The highest BCUT2D eigenvalue weighted by Gasteiger charge is 2.18. The summed E-state index contributed by atoms with van der Waals surface area (Å²) < 4.78 is 29.9. The molecule has 2 aromatic rings. The molecule has 0 amide bonds. The Morgan fingerprint density at radius 1 is 1.05 bits per heavy atom. The Hall–Kier alpha value is -1.59. The first-order valence-corrected chi connectivity index (χ1v) is 7.65. The molecule has 0 atom stereocenters. The van der Waals surface area contributed by atoms with Crippen LogP contribution in [0.4, 0.5) is 0 Å². The lowest BCUT2D eigenvalue weighted by Gasteiger charge is -2.06. The fraction of sp³-hybridized carbons (Fsp3) is 0.286. The van der Waals surface area contributed by atoms with E-state index >= 15 is 0 Å². The van der Waals surface area contributed by atoms with Crippen LogP contribution in [0.2, 0.25) is 0 Å². The van der Waals surface area contributed by atoms with E-state index in [4.69, 9.17) is 10.2 Å². The molecule has 102 valence electrons. The van der Waals surface area contributed by atoms with Gasteiger partial charge in [-0.1, -0.05) is 6.07 Å². The van der Waals surface area contributed by atoms with Crippen molar-refractivity contribution in [2.45, 2.75) is 31.0 Å². The van der Waals surface area contributed by atoms with Gasteiger partial charge in [0.15, 0.2) is 9.84 Å². The lowest BCUT2D eigenvalue weighted by Crippen LogP contribution is -2.05. The zero-order valence-corrected chi connectivity index (χ0v) is 11.8. The predicted molar refractivity (Wildman–Crippen MR) is 73.4 cm³/mol. The number of furan rings is 1. The molecular weight excluding hydrogens is 262 g/mol. The van der Waals surface area contributed by atoms with E-state index in [1.165, 1.54) is 0 Å². The molecule has 1 heterocycles. The maximum atomic E-state index is 12.3. The van der Waals surface area contributed by atoms with E-state index in [-0.39, 0.29) is 12.3 Å². The maximum Gasteiger partial charge on any atom is 0.185 e. The van der Waals surface area contributed by atoms with E-state index < -0.39 is 9.84 Å². The van der Waals surface area contributed by atoms with Crippen molar-refractivity contribution in [3.63, 3.8) is 0 Å². The molecule has 0 radical (unpaired) electrons. The quantitative estimate of drug-likeness (QED) is 0.932. The Morgan fingerprint density at radius 3 is 2.32 bits per heavy atom. The van der Waals surface area contributed by atoms with E-state index in [0.717, 1.165) is 11.1 Å². The third kappa shape index (κ3) is 3.05. The Labute approximate surface area is 113 Å². The second-order valence-electron chi connectivity index (χ2n) is 4.58. The van der Waals surface area contributed by atoms with Crippen molar-refractivity contribution in [1.29, 1.82) is 0 Å². The predicted octanol–water partition coefficient (Wildman–Crippen LogP) is 2.33. The van der Waals surface area contributed by atoms with Crippen LogP contribution in [0.15, 0.2) is 39.6 Å². The minimum absolute atomic E-state index is 0.143. The summed E-state index contributed by atoms with van der Waals surface area (Å²) in [5, 5.41) is 0. The molecule has 0 unspecified atom stereocenters. The zero-order valence-electron chi connectivity index (χ0n) is 11.0. The molecule has 0 spiro atoms. The summed E-state index contributed by atoms with van der Waals surface area (Å²) in [5.41, 5.74) is 7.46. The number of sulfone groups is 1. The molecule has 0 aliphatic rings. The van der Waals surface area contributed by atoms with E-state index in [1.54, 1.807) is 24.3 Å². The molecule has 2 rings (SSSR count). The van der Waals surface area contributed by atoms with Gasteiger partial charge >= 0.3 is 0 Å². The highest BCUT2D eigenvalue weighted by molar-refractivity contribution is 7.90. The minimum Gasteiger partial charge on any atom is -0.464 e. The topological polar surface area (TPSA) is 73.3 Å². The van der Waals surface area contributed by atoms with Gasteiger partial charge in [0.2, 0.25) is 0 Å². The lowest BCUT2D eigenvalue weighted by atomic mass is 10.1. The van der Waals surface area contributed by atoms with Gasteiger partial charge in [0.1, 0.15) is 17.3 Å². The number of nitrogens with two attached hydrogens (primary N) is 1. The molecule has 4 nitrogen and oxygen atoms in total. The molecule has 5 heteroatoms. The largest absolute Gasteiger partial charge is 0.464 e. The second-order valence-corrected chi connectivity index (χ2v) is 6.57. The van der Waals surface area contributed by atoms with Gasteiger partial charge in [-0.15, -0.1) is 0 Å². The van der Waals surface area contributed by atoms with Crippen LogP contribution >= 0.6 is 0 Å². The summed E-state index contributed by atoms with van der Waals surface area (Å²) in [4.78, 5) is 0.321. The molecule has 1 aromatic heterocycles. The van der Waals surface area contributed by atoms with Crippen molar-refractivity contribution in [2.24, 2.45) is 5.73 Å². The van der Waals surface area contributed by atoms with Gasteiger partial charge in [-0.3, -0.25) is 0 Å². The van der Waals surface area contributed by atoms with Crippen molar-refractivity contribution in [1.82, 2.24) is 0 Å². The summed E-state index contributed by atoms with van der Waals surface area (Å²) in [5.74, 6) is 0.860. The van der Waals surface area contributed by atoms with Gasteiger partial charge in [-0.2, -0.15) is 0 Å². The van der Waals surface area contributed by atoms with Crippen molar-refractivity contribution in [2.75, 3.05) is 0 Å². The molecule has 19 heavy (non-hydrogen) atoms. The third-order valence-corrected chi connectivity index (χ3v) is 4.72. The van der Waals surface area contributed by atoms with Gasteiger partial charge in [-0.25, -0.2) is 8.42 Å². The van der Waals surface area contributed by atoms with Crippen molar-refractivity contribution >= 4 is 9.84 Å². The highest BCUT2D eigenvalue weighted by atomic mass is 32.2. The van der Waals surface area contributed by atoms with Crippen molar-refractivity contribution < 1.29 is 12.8 Å². The summed E-state index contributed by atoms with van der Waals surface area (Å²) in [6, 6.07) is 8.49. The fourth-order valence-corrected chi connectivity index (χ4v) is 3.12. The smallest absolute Gasteiger partial charge is 0.185 e. The first kappa shape index (κ1) is 13.8. The lowest BCUT2D eigenvalue weighted by molar-refractivity contribution is 0.477. The summed E-state index contributed by atoms with van der Waals surface area (Å²) >= 11 is 0. The Kier molecular flexibility index (Phi) is 3.78. The molecule has 0 saturated heterocycles. The molecule has 0 saturated carbocycles. The van der Waals surface area contributed by atoms with Crippen LogP contribution in [-0.2, 0) is 22.1 Å². The Balaban J connectivity index is 2.29. The van der Waals surface area contributed by atoms with Gasteiger partial charge < -0.3 is 10.2 Å². The second kappa shape index (κ2) is 5.19. The SMILES string of the molecule is Cc1ccc(S(=O)(=O)Cc2ccc(CN)o2)cc1C. The van der Waals surface area contributed by atoms with E-state index in [0.29, 0.717) is 16.4 Å². The molecule has 1 aromatic carbocycles. The molecule has 0 bridgehead atoms. The average Bonchev–Trinajstić information content (AvgIpc) is 2.79. The highest BCUT2D eigenvalue weighted by Crippen LogP contribution is 2.20. The number of benzene rings is 1. The Bertz CT molecular complexity index is 686. The van der Waals surface area contributed by atoms with Gasteiger partial charge in [0.25, 0.3) is 0 Å². The van der Waals surface area contributed by atoms with Crippen LogP contribution in [0.3, 0.4) is 0 Å². The normalized spacial score (nSPS) is 11.7. The van der Waals surface area contributed by atoms with Crippen molar-refractivity contribution in [3.05, 3.63) is 53.0 Å². The summed E-state index contributed by atoms with van der Waals surface area (Å²) in [6.45, 7) is 4.11. The Morgan fingerprint density at radius 2 is 1.74 bits per heavy atom. The van der Waals surface area contributed by atoms with Crippen LogP contribution in [-0.4, -0.2) is 8.42 Å². The van der Waals surface area contributed by atoms with Crippen LogP contribution in [0.25, 0.3) is 0 Å². The molecule has 0 fully saturated rings. The average molecular weight is 279 g/mol. The minimum atomic E-state index is -3.38. The molecule has 0 aliphatic carbocycles. The van der Waals surface area contributed by atoms with Crippen LogP contribution in [0.1, 0.15) is 22.6 Å². The van der Waals surface area contributed by atoms with Crippen molar-refractivity contribution in [3.8, 4) is 0 Å². The molecule has 0 aliphatic heterocycles. The maximum absolute atomic E-state index is 12.3. The summed E-state index contributed by atoms with van der Waals surface area (Å²) in [7, 11) is -3.38. The molecular formula is C14H17NO3S. The van der Waals surface area contributed by atoms with E-state index in [9.17, 15) is 8.42 Å². The van der Waals surface area contributed by atoms with E-state index in [1.807, 2.05) is 19.9 Å². The van der Waals surface area contributed by atoms with Crippen LogP contribution < -0.4 is 5.73 Å². The van der Waals surface area contributed by atoms with Gasteiger partial charge in [-0.05, 0) is 49.2 Å². The van der Waals surface area contributed by atoms with Gasteiger partial charge in [0, 0.05) is 0 Å². The number of aryl methyl sites for hydroxylation is 2. The number of rotatable bonds is 4. The zero-order chi connectivity index (χ0) is 14.0. The summed E-state index contributed by atoms with van der Waals surface area (Å²) in [6.07, 6.45) is 0. The number of hydrogen-bond acceptors (Lipinski definition) is 4. The molecule has 2 N–H and O–H groups in total. The monoisotopic (exact) mass is 279 g/mol. The first-order chi connectivity index (χ1) is 8.92. The standard InChI is InChI=1S/C14H17NO3S/c1-10-3-6-14(7-11(10)2)19(16,17)9-13-5-4-12(8-15)18-13/h3-7H,8-9,15H2,1-2H3. The van der Waals surface area contributed by atoms with Crippen LogP contribution in [0.5, 0.6) is 0 Å².